The van der Waals surface area contributed by atoms with E-state index in [9.17, 15) is 14.0 Å². The second-order valence-electron chi connectivity index (χ2n) is 6.71. The number of thioether (sulfide) groups is 1. The molecule has 2 aromatic rings. The highest BCUT2D eigenvalue weighted by Crippen LogP contribution is 2.56. The van der Waals surface area contributed by atoms with Crippen LogP contribution in [0, 0.1) is 0 Å². The molecule has 0 saturated carbocycles. The Morgan fingerprint density at radius 1 is 1.41 bits per heavy atom. The average molecular weight is 435 g/mol. The van der Waals surface area contributed by atoms with Gasteiger partial charge in [0, 0.05) is 13.3 Å². The van der Waals surface area contributed by atoms with E-state index in [1.807, 2.05) is 10.8 Å². The van der Waals surface area contributed by atoms with Gasteiger partial charge >= 0.3 is 0 Å². The summed E-state index contributed by atoms with van der Waals surface area (Å²) >= 11 is 1.39. The summed E-state index contributed by atoms with van der Waals surface area (Å²) in [7, 11) is -6.56. The van der Waals surface area contributed by atoms with Crippen LogP contribution in [0.4, 0.5) is 5.82 Å². The second kappa shape index (κ2) is 7.81. The van der Waals surface area contributed by atoms with Gasteiger partial charge in [0.25, 0.3) is 0 Å². The number of imidazole rings is 1. The van der Waals surface area contributed by atoms with Crippen molar-refractivity contribution in [2.75, 3.05) is 37.8 Å². The summed E-state index contributed by atoms with van der Waals surface area (Å²) in [5.41, 5.74) is 7.07. The van der Waals surface area contributed by atoms with Gasteiger partial charge in [0.1, 0.15) is 17.6 Å². The molecule has 0 amide bonds. The molecular weight excluding hydrogens is 412 g/mol. The summed E-state index contributed by atoms with van der Waals surface area (Å²) in [4.78, 5) is 22.3. The van der Waals surface area contributed by atoms with E-state index in [1.165, 1.54) is 25.1 Å². The van der Waals surface area contributed by atoms with Crippen molar-refractivity contribution in [2.24, 2.45) is 0 Å². The molecule has 0 spiro atoms. The molecule has 3 rings (SSSR count). The highest BCUT2D eigenvalue weighted by atomic mass is 32.2. The van der Waals surface area contributed by atoms with Crippen LogP contribution in [-0.2, 0) is 18.4 Å². The van der Waals surface area contributed by atoms with E-state index in [0.717, 1.165) is 0 Å². The monoisotopic (exact) mass is 435 g/mol. The predicted molar refractivity (Wildman–Crippen MR) is 105 cm³/mol. The van der Waals surface area contributed by atoms with Crippen molar-refractivity contribution in [3.8, 4) is 0 Å². The Morgan fingerprint density at radius 3 is 2.81 bits per heavy atom. The standard InChI is InChI=1S/C14H23N5O5P2S/c1-25(20,21)8-26(2,22)23-6-9-4-5-10(24-9)19-7-16-11-12(15)17-14(27-3)18-13(11)19/h7,9-10H,4-6,8H2,1-3H3,(H,20,21)(H2,15,17,18). The Balaban J connectivity index is 1.68. The number of ether oxygens (including phenoxy) is 1. The molecule has 13 heteroatoms. The normalized spacial score (nSPS) is 24.7. The fourth-order valence-corrected chi connectivity index (χ4v) is 7.98. The van der Waals surface area contributed by atoms with Crippen LogP contribution in [0.25, 0.3) is 11.2 Å². The van der Waals surface area contributed by atoms with Crippen molar-refractivity contribution < 1.29 is 23.3 Å². The topological polar surface area (TPSA) is 142 Å². The molecule has 4 unspecified atom stereocenters. The number of nitrogens with zero attached hydrogens (tertiary/aromatic N) is 4. The Labute approximate surface area is 161 Å². The van der Waals surface area contributed by atoms with Crippen molar-refractivity contribution in [2.45, 2.75) is 30.3 Å². The van der Waals surface area contributed by atoms with E-state index in [1.54, 1.807) is 6.33 Å². The van der Waals surface area contributed by atoms with E-state index in [4.69, 9.17) is 15.0 Å². The lowest BCUT2D eigenvalue weighted by atomic mass is 10.2. The minimum absolute atomic E-state index is 0.101. The predicted octanol–water partition coefficient (Wildman–Crippen LogP) is 2.59. The molecule has 3 N–H and O–H groups in total. The third-order valence-electron chi connectivity index (χ3n) is 4.06. The summed E-state index contributed by atoms with van der Waals surface area (Å²) in [6.45, 7) is 2.65. The lowest BCUT2D eigenvalue weighted by Crippen LogP contribution is -2.16. The van der Waals surface area contributed by atoms with Crippen LogP contribution in [0.2, 0.25) is 0 Å². The molecule has 0 aliphatic carbocycles. The maximum Gasteiger partial charge on any atom is 0.209 e. The molecule has 0 bridgehead atoms. The first kappa shape index (κ1) is 20.8. The maximum absolute atomic E-state index is 12.3. The third kappa shape index (κ3) is 5.10. The zero-order chi connectivity index (χ0) is 19.8. The summed E-state index contributed by atoms with van der Waals surface area (Å²) in [5, 5.41) is 0.555. The Hall–Kier alpha value is -0.960. The van der Waals surface area contributed by atoms with Gasteiger partial charge < -0.3 is 19.9 Å². The van der Waals surface area contributed by atoms with Gasteiger partial charge in [-0.3, -0.25) is 13.7 Å². The zero-order valence-electron chi connectivity index (χ0n) is 15.3. The zero-order valence-corrected chi connectivity index (χ0v) is 17.9. The number of hydrogen-bond acceptors (Lipinski definition) is 9. The van der Waals surface area contributed by atoms with Crippen LogP contribution < -0.4 is 5.73 Å². The Bertz CT molecular complexity index is 932. The lowest BCUT2D eigenvalue weighted by molar-refractivity contribution is -0.0153. The van der Waals surface area contributed by atoms with E-state index >= 15 is 0 Å². The molecule has 150 valence electrons. The molecule has 0 aromatic carbocycles. The molecule has 4 atom stereocenters. The number of fused-ring (bicyclic) bond motifs is 1. The van der Waals surface area contributed by atoms with Gasteiger partial charge in [-0.05, 0) is 19.1 Å². The first-order valence-electron chi connectivity index (χ1n) is 8.28. The first-order valence-corrected chi connectivity index (χ1v) is 14.1. The van der Waals surface area contributed by atoms with Gasteiger partial charge in [-0.15, -0.1) is 0 Å². The third-order valence-corrected chi connectivity index (χ3v) is 9.46. The summed E-state index contributed by atoms with van der Waals surface area (Å²) in [6.07, 6.45) is 4.33. The molecule has 0 radical (unpaired) electrons. The van der Waals surface area contributed by atoms with Gasteiger partial charge in [-0.2, -0.15) is 0 Å². The van der Waals surface area contributed by atoms with Crippen LogP contribution in [0.5, 0.6) is 0 Å². The van der Waals surface area contributed by atoms with E-state index < -0.39 is 14.7 Å². The number of aromatic nitrogens is 4. The van der Waals surface area contributed by atoms with Crippen molar-refractivity contribution in [1.29, 1.82) is 0 Å². The molecule has 2 aromatic heterocycles. The average Bonchev–Trinajstić information content (AvgIpc) is 3.17. The van der Waals surface area contributed by atoms with Crippen molar-refractivity contribution in [3.63, 3.8) is 0 Å². The van der Waals surface area contributed by atoms with Crippen molar-refractivity contribution >= 4 is 43.5 Å². The van der Waals surface area contributed by atoms with Gasteiger partial charge in [0.05, 0.1) is 19.0 Å². The van der Waals surface area contributed by atoms with Crippen LogP contribution >= 0.6 is 26.5 Å². The summed E-state index contributed by atoms with van der Waals surface area (Å²) < 4.78 is 37.0. The number of nitrogens with two attached hydrogens (primary N) is 1. The Kier molecular flexibility index (Phi) is 6.01. The van der Waals surface area contributed by atoms with Crippen LogP contribution in [0.3, 0.4) is 0 Å². The summed E-state index contributed by atoms with van der Waals surface area (Å²) in [5.74, 6) is -0.0171. The minimum Gasteiger partial charge on any atom is -0.382 e. The van der Waals surface area contributed by atoms with Gasteiger partial charge in [0.15, 0.2) is 16.6 Å². The smallest absolute Gasteiger partial charge is 0.209 e. The number of rotatable bonds is 7. The molecule has 1 aliphatic rings. The molecule has 10 nitrogen and oxygen atoms in total. The fraction of sp³-hybridized carbons (Fsp3) is 0.643. The van der Waals surface area contributed by atoms with Crippen LogP contribution in [0.15, 0.2) is 11.5 Å². The van der Waals surface area contributed by atoms with Crippen molar-refractivity contribution in [3.05, 3.63) is 6.33 Å². The molecule has 1 saturated heterocycles. The number of nitrogen functional groups attached to an aromatic ring is 1. The Morgan fingerprint density at radius 2 is 2.15 bits per heavy atom. The maximum atomic E-state index is 12.3. The van der Waals surface area contributed by atoms with Crippen molar-refractivity contribution in [1.82, 2.24) is 19.5 Å². The highest BCUT2D eigenvalue weighted by Gasteiger charge is 2.32. The number of hydrogen-bond donors (Lipinski definition) is 2. The van der Waals surface area contributed by atoms with Gasteiger partial charge in [-0.25, -0.2) is 15.0 Å². The first-order chi connectivity index (χ1) is 12.6. The minimum atomic E-state index is -3.41. The van der Waals surface area contributed by atoms with E-state index in [0.29, 0.717) is 35.0 Å². The molecule has 27 heavy (non-hydrogen) atoms. The molecule has 3 heterocycles. The van der Waals surface area contributed by atoms with Gasteiger partial charge in [0.2, 0.25) is 14.7 Å². The molecular formula is C14H23N5O5P2S. The molecule has 1 fully saturated rings. The second-order valence-corrected chi connectivity index (χ2v) is 13.0. The number of anilines is 1. The highest BCUT2D eigenvalue weighted by molar-refractivity contribution is 7.98. The van der Waals surface area contributed by atoms with E-state index in [-0.39, 0.29) is 24.8 Å². The van der Waals surface area contributed by atoms with E-state index in [2.05, 4.69) is 15.0 Å². The van der Waals surface area contributed by atoms with Crippen LogP contribution in [0.1, 0.15) is 19.1 Å². The van der Waals surface area contributed by atoms with Crippen LogP contribution in [-0.4, -0.2) is 62.6 Å². The molecule has 1 aliphatic heterocycles. The SMILES string of the molecule is CSc1nc(N)c2ncn(C3CCC(COP(C)(=O)CP(C)(=O)O)O3)c2n1. The quantitative estimate of drug-likeness (QED) is 0.378. The fourth-order valence-electron chi connectivity index (χ4n) is 2.99. The largest absolute Gasteiger partial charge is 0.382 e. The van der Waals surface area contributed by atoms with Gasteiger partial charge in [-0.1, -0.05) is 11.8 Å². The lowest BCUT2D eigenvalue weighted by Gasteiger charge is -2.19. The summed E-state index contributed by atoms with van der Waals surface area (Å²) in [6, 6.07) is 0.